The molecule has 9 rings (SSSR count). The van der Waals surface area contributed by atoms with Crippen LogP contribution in [-0.4, -0.2) is 4.98 Å². The van der Waals surface area contributed by atoms with Crippen molar-refractivity contribution in [2.75, 3.05) is 4.90 Å². The number of aryl methyl sites for hydroxylation is 2. The number of pyridine rings is 1. The predicted molar refractivity (Wildman–Crippen MR) is 217 cm³/mol. The number of anilines is 3. The molecule has 0 saturated carbocycles. The van der Waals surface area contributed by atoms with Crippen LogP contribution >= 0.6 is 0 Å². The van der Waals surface area contributed by atoms with Crippen molar-refractivity contribution in [3.8, 4) is 33.4 Å². The molecule has 9 aromatic rings. The van der Waals surface area contributed by atoms with Gasteiger partial charge >= 0.3 is 0 Å². The second-order valence-electron chi connectivity index (χ2n) is 13.4. The fraction of sp³-hybridized carbons (Fsp3) is 0.0408. The van der Waals surface area contributed by atoms with Gasteiger partial charge in [-0.05, 0) is 133 Å². The lowest BCUT2D eigenvalue weighted by atomic mass is 9.81. The second-order valence-corrected chi connectivity index (χ2v) is 13.4. The first-order valence-corrected chi connectivity index (χ1v) is 17.5. The van der Waals surface area contributed by atoms with Gasteiger partial charge in [-0.3, -0.25) is 4.98 Å². The Hall–Kier alpha value is -6.51. The van der Waals surface area contributed by atoms with E-state index in [9.17, 15) is 0 Å². The molecule has 0 fully saturated rings. The largest absolute Gasteiger partial charge is 0.310 e. The lowest BCUT2D eigenvalue weighted by Crippen LogP contribution is -2.10. The summed E-state index contributed by atoms with van der Waals surface area (Å²) in [4.78, 5) is 6.71. The highest BCUT2D eigenvalue weighted by Gasteiger charge is 2.22. The van der Waals surface area contributed by atoms with Gasteiger partial charge in [0.15, 0.2) is 0 Å². The highest BCUT2D eigenvalue weighted by Crippen LogP contribution is 2.50. The first kappa shape index (κ1) is 30.5. The summed E-state index contributed by atoms with van der Waals surface area (Å²) in [5, 5.41) is 7.48. The third-order valence-electron chi connectivity index (χ3n) is 9.96. The third kappa shape index (κ3) is 5.42. The molecule has 0 aliphatic carbocycles. The van der Waals surface area contributed by atoms with Gasteiger partial charge in [0.2, 0.25) is 0 Å². The summed E-state index contributed by atoms with van der Waals surface area (Å²) < 4.78 is 0. The Bertz CT molecular complexity index is 2660. The smallest absolute Gasteiger partial charge is 0.0492 e. The van der Waals surface area contributed by atoms with Crippen LogP contribution in [0.25, 0.3) is 65.7 Å². The molecule has 1 aromatic heterocycles. The second kappa shape index (κ2) is 12.7. The Morgan fingerprint density at radius 3 is 1.57 bits per heavy atom. The van der Waals surface area contributed by atoms with E-state index in [2.05, 4.69) is 194 Å². The molecule has 0 saturated heterocycles. The van der Waals surface area contributed by atoms with E-state index in [-0.39, 0.29) is 0 Å². The van der Waals surface area contributed by atoms with E-state index in [0.29, 0.717) is 0 Å². The van der Waals surface area contributed by atoms with Crippen LogP contribution in [0.2, 0.25) is 0 Å². The quantitative estimate of drug-likeness (QED) is 0.166. The van der Waals surface area contributed by atoms with Crippen LogP contribution < -0.4 is 4.90 Å². The van der Waals surface area contributed by atoms with Crippen molar-refractivity contribution < 1.29 is 0 Å². The Morgan fingerprint density at radius 2 is 0.922 bits per heavy atom. The summed E-state index contributed by atoms with van der Waals surface area (Å²) in [6.07, 6.45) is 3.74. The molecule has 0 atom stereocenters. The molecule has 0 unspecified atom stereocenters. The van der Waals surface area contributed by atoms with Gasteiger partial charge in [-0.25, -0.2) is 0 Å². The summed E-state index contributed by atoms with van der Waals surface area (Å²) in [6.45, 7) is 4.34. The van der Waals surface area contributed by atoms with Gasteiger partial charge in [0.25, 0.3) is 0 Å². The van der Waals surface area contributed by atoms with Crippen LogP contribution in [0.3, 0.4) is 0 Å². The van der Waals surface area contributed by atoms with Crippen LogP contribution in [-0.2, 0) is 0 Å². The van der Waals surface area contributed by atoms with Gasteiger partial charge in [-0.2, -0.15) is 0 Å². The molecule has 0 radical (unpaired) electrons. The van der Waals surface area contributed by atoms with Crippen LogP contribution in [0.4, 0.5) is 17.1 Å². The Labute approximate surface area is 298 Å². The zero-order valence-corrected chi connectivity index (χ0v) is 28.7. The van der Waals surface area contributed by atoms with E-state index < -0.39 is 0 Å². The lowest BCUT2D eigenvalue weighted by molar-refractivity contribution is 1.23. The van der Waals surface area contributed by atoms with Crippen molar-refractivity contribution in [2.24, 2.45) is 0 Å². The molecule has 0 aliphatic rings. The standard InChI is InChI=1S/C49H36N2/c1-33-28-34(2)30-40(29-33)51(38-24-26-50-27-25-38)39-22-23-43-46(31-39)41-20-12-13-21-42(41)48-45(36-16-8-4-9-17-36)32-44(35-14-6-3-7-15-35)47(49(43)48)37-18-10-5-11-19-37/h3-32H,1-2H3. The third-order valence-corrected chi connectivity index (χ3v) is 9.96. The Kier molecular flexibility index (Phi) is 7.63. The Morgan fingerprint density at radius 1 is 0.373 bits per heavy atom. The molecular weight excluding hydrogens is 617 g/mol. The minimum Gasteiger partial charge on any atom is -0.310 e. The number of rotatable bonds is 6. The number of nitrogens with zero attached hydrogens (tertiary/aromatic N) is 2. The molecule has 0 N–H and O–H groups in total. The summed E-state index contributed by atoms with van der Waals surface area (Å²) in [7, 11) is 0. The van der Waals surface area contributed by atoms with Crippen LogP contribution in [0.15, 0.2) is 182 Å². The van der Waals surface area contributed by atoms with Gasteiger partial charge in [0.05, 0.1) is 0 Å². The zero-order chi connectivity index (χ0) is 34.3. The van der Waals surface area contributed by atoms with Gasteiger partial charge in [0.1, 0.15) is 0 Å². The molecule has 0 amide bonds. The summed E-state index contributed by atoms with van der Waals surface area (Å²) in [5.74, 6) is 0. The molecule has 1 heterocycles. The normalized spacial score (nSPS) is 11.3. The van der Waals surface area contributed by atoms with Crippen molar-refractivity contribution in [3.63, 3.8) is 0 Å². The average molecular weight is 653 g/mol. The average Bonchev–Trinajstić information content (AvgIpc) is 3.18. The van der Waals surface area contributed by atoms with Crippen molar-refractivity contribution in [2.45, 2.75) is 13.8 Å². The molecule has 2 nitrogen and oxygen atoms in total. The van der Waals surface area contributed by atoms with E-state index in [1.54, 1.807) is 0 Å². The number of aromatic nitrogens is 1. The van der Waals surface area contributed by atoms with Crippen molar-refractivity contribution in [1.82, 2.24) is 4.98 Å². The minimum absolute atomic E-state index is 1.07. The topological polar surface area (TPSA) is 16.1 Å². The van der Waals surface area contributed by atoms with Crippen molar-refractivity contribution in [1.29, 1.82) is 0 Å². The van der Waals surface area contributed by atoms with E-state index >= 15 is 0 Å². The maximum atomic E-state index is 4.35. The number of hydrogen-bond acceptors (Lipinski definition) is 2. The van der Waals surface area contributed by atoms with E-state index in [1.807, 2.05) is 12.4 Å². The molecule has 0 aliphatic heterocycles. The molecule has 8 aromatic carbocycles. The SMILES string of the molecule is Cc1cc(C)cc(N(c2ccncc2)c2ccc3c(c2)c2ccccc2c2c(-c4ccccc4)cc(-c4ccccc4)c(-c4ccccc4)c32)c1. The van der Waals surface area contributed by atoms with Gasteiger partial charge in [-0.1, -0.05) is 127 Å². The molecule has 242 valence electrons. The van der Waals surface area contributed by atoms with E-state index in [1.165, 1.54) is 76.8 Å². The molecule has 0 spiro atoms. The summed E-state index contributed by atoms with van der Waals surface area (Å²) >= 11 is 0. The zero-order valence-electron chi connectivity index (χ0n) is 28.7. The highest BCUT2D eigenvalue weighted by molar-refractivity contribution is 6.33. The fourth-order valence-corrected chi connectivity index (χ4v) is 7.90. The summed E-state index contributed by atoms with van der Waals surface area (Å²) in [6, 6.07) is 62.0. The number of benzene rings is 8. The maximum Gasteiger partial charge on any atom is 0.0492 e. The molecule has 51 heavy (non-hydrogen) atoms. The molecule has 2 heteroatoms. The Balaban J connectivity index is 1.46. The van der Waals surface area contributed by atoms with Gasteiger partial charge in [-0.15, -0.1) is 0 Å². The fourth-order valence-electron chi connectivity index (χ4n) is 7.90. The maximum absolute atomic E-state index is 4.35. The van der Waals surface area contributed by atoms with Crippen LogP contribution in [0, 0.1) is 13.8 Å². The molecule has 0 bridgehead atoms. The number of hydrogen-bond donors (Lipinski definition) is 0. The minimum atomic E-state index is 1.07. The van der Waals surface area contributed by atoms with Crippen molar-refractivity contribution >= 4 is 49.4 Å². The predicted octanol–water partition coefficient (Wildman–Crippen LogP) is 13.6. The highest BCUT2D eigenvalue weighted by atomic mass is 15.1. The van der Waals surface area contributed by atoms with Crippen LogP contribution in [0.1, 0.15) is 11.1 Å². The first-order valence-electron chi connectivity index (χ1n) is 17.5. The van der Waals surface area contributed by atoms with E-state index in [0.717, 1.165) is 17.1 Å². The van der Waals surface area contributed by atoms with E-state index in [4.69, 9.17) is 0 Å². The van der Waals surface area contributed by atoms with Gasteiger partial charge < -0.3 is 4.90 Å². The lowest BCUT2D eigenvalue weighted by Gasteiger charge is -2.27. The number of fused-ring (bicyclic) bond motifs is 6. The summed E-state index contributed by atoms with van der Waals surface area (Å²) in [5.41, 5.74) is 13.1. The monoisotopic (exact) mass is 652 g/mol. The van der Waals surface area contributed by atoms with Crippen LogP contribution in [0.5, 0.6) is 0 Å². The molecular formula is C49H36N2. The van der Waals surface area contributed by atoms with Crippen molar-refractivity contribution in [3.05, 3.63) is 193 Å². The first-order chi connectivity index (χ1) is 25.1. The van der Waals surface area contributed by atoms with Gasteiger partial charge in [0, 0.05) is 29.5 Å².